The third-order valence-electron chi connectivity index (χ3n) is 9.52. The Morgan fingerprint density at radius 3 is 1.70 bits per heavy atom. The Hall–Kier alpha value is -5.88. The van der Waals surface area contributed by atoms with Gasteiger partial charge in [-0.05, 0) is 79.9 Å². The first-order valence-electron chi connectivity index (χ1n) is 15.8. The maximum Gasteiger partial charge on any atom is 0.261 e. The number of imide groups is 2. The Labute approximate surface area is 271 Å². The molecule has 0 saturated carbocycles. The molecule has 0 unspecified atom stereocenters. The number of amides is 4. The van der Waals surface area contributed by atoms with Crippen molar-refractivity contribution >= 4 is 66.7 Å². The second-order valence-electron chi connectivity index (χ2n) is 12.2. The van der Waals surface area contributed by atoms with E-state index in [-0.39, 0.29) is 30.2 Å². The van der Waals surface area contributed by atoms with Crippen molar-refractivity contribution in [2.24, 2.45) is 0 Å². The molecule has 228 valence electrons. The summed E-state index contributed by atoms with van der Waals surface area (Å²) in [6.07, 6.45) is 1.14. The monoisotopic (exact) mass is 614 g/mol. The normalized spacial score (nSPS) is 12.9. The van der Waals surface area contributed by atoms with Crippen LogP contribution in [0, 0.1) is 0 Å². The van der Waals surface area contributed by atoms with Crippen molar-refractivity contribution in [2.45, 2.75) is 19.8 Å². The van der Waals surface area contributed by atoms with Gasteiger partial charge in [0.2, 0.25) is 5.91 Å². The molecule has 0 aromatic heterocycles. The number of fused-ring (bicyclic) bond motifs is 2. The largest absolute Gasteiger partial charge is 0.278 e. The van der Waals surface area contributed by atoms with Crippen LogP contribution in [0.4, 0.5) is 0 Å². The predicted octanol–water partition coefficient (Wildman–Crippen LogP) is 7.81. The van der Waals surface area contributed by atoms with Gasteiger partial charge in [-0.1, -0.05) is 97.1 Å². The molecule has 0 spiro atoms. The summed E-state index contributed by atoms with van der Waals surface area (Å²) in [6.45, 7) is 2.00. The van der Waals surface area contributed by atoms with Crippen molar-refractivity contribution in [2.75, 3.05) is 13.1 Å². The van der Waals surface area contributed by atoms with E-state index in [0.29, 0.717) is 41.5 Å². The first-order chi connectivity index (χ1) is 22.9. The van der Waals surface area contributed by atoms with Crippen molar-refractivity contribution in [1.29, 1.82) is 0 Å². The van der Waals surface area contributed by atoms with Crippen LogP contribution in [0.3, 0.4) is 0 Å². The van der Waals surface area contributed by atoms with Gasteiger partial charge in [0.05, 0.1) is 0 Å². The van der Waals surface area contributed by atoms with E-state index in [2.05, 4.69) is 0 Å². The van der Waals surface area contributed by atoms with E-state index in [1.54, 1.807) is 6.07 Å². The molecule has 1 heterocycles. The molecule has 1 aliphatic rings. The van der Waals surface area contributed by atoms with Crippen molar-refractivity contribution < 1.29 is 19.2 Å². The molecule has 8 rings (SSSR count). The van der Waals surface area contributed by atoms with Crippen LogP contribution in [0.5, 0.6) is 0 Å². The Balaban J connectivity index is 1.24. The number of carbonyl (C=O) groups is 4. The molecule has 0 atom stereocenters. The molecule has 0 aliphatic carbocycles. The SMILES string of the molecule is CC(=O)N(CCc1ccccc1)C(=O)c1ccc2c3ccc4c5c(ccc(c6cccc1c62)c53)C(=O)N(CCc1ccccc1)C4=O. The van der Waals surface area contributed by atoms with E-state index >= 15 is 0 Å². The average Bonchev–Trinajstić information content (AvgIpc) is 3.10. The molecule has 1 aliphatic heterocycles. The second-order valence-corrected chi connectivity index (χ2v) is 12.2. The number of hydrogen-bond donors (Lipinski definition) is 0. The van der Waals surface area contributed by atoms with E-state index in [9.17, 15) is 19.2 Å². The number of nitrogens with zero attached hydrogens (tertiary/aromatic N) is 2. The fraction of sp³-hybridized carbons (Fsp3) is 0.122. The lowest BCUT2D eigenvalue weighted by Gasteiger charge is -2.28. The minimum absolute atomic E-state index is 0.277. The van der Waals surface area contributed by atoms with Crippen molar-refractivity contribution in [3.8, 4) is 0 Å². The molecule has 0 saturated heterocycles. The molecule has 4 amide bonds. The highest BCUT2D eigenvalue weighted by atomic mass is 16.2. The maximum absolute atomic E-state index is 14.0. The van der Waals surface area contributed by atoms with Gasteiger partial charge >= 0.3 is 0 Å². The van der Waals surface area contributed by atoms with Crippen LogP contribution >= 0.6 is 0 Å². The number of hydrogen-bond acceptors (Lipinski definition) is 4. The molecule has 6 nitrogen and oxygen atoms in total. The fourth-order valence-corrected chi connectivity index (χ4v) is 7.25. The summed E-state index contributed by atoms with van der Waals surface area (Å²) >= 11 is 0. The van der Waals surface area contributed by atoms with Crippen molar-refractivity contribution in [1.82, 2.24) is 9.80 Å². The molecule has 0 bridgehead atoms. The van der Waals surface area contributed by atoms with Crippen LogP contribution in [0.1, 0.15) is 49.1 Å². The van der Waals surface area contributed by atoms with Crippen molar-refractivity contribution in [3.05, 3.63) is 143 Å². The molecule has 0 N–H and O–H groups in total. The standard InChI is InChI=1S/C41H30N2O4/c1-25(44)42(23-21-26-9-4-2-5-10-26)39(45)33-18-15-30-32-17-20-35-38-34(19-16-31(37(32)38)28-13-8-14-29(33)36(28)30)40(46)43(41(35)47)24-22-27-11-6-3-7-12-27/h2-20H,21-24H2,1H3. The van der Waals surface area contributed by atoms with Gasteiger partial charge in [0.15, 0.2) is 0 Å². The highest BCUT2D eigenvalue weighted by molar-refractivity contribution is 6.39. The summed E-state index contributed by atoms with van der Waals surface area (Å²) in [4.78, 5) is 57.1. The summed E-state index contributed by atoms with van der Waals surface area (Å²) in [5.74, 6) is -1.21. The minimum Gasteiger partial charge on any atom is -0.278 e. The van der Waals surface area contributed by atoms with E-state index in [4.69, 9.17) is 0 Å². The lowest BCUT2D eigenvalue weighted by molar-refractivity contribution is -0.126. The Morgan fingerprint density at radius 2 is 1.09 bits per heavy atom. The highest BCUT2D eigenvalue weighted by Crippen LogP contribution is 2.44. The van der Waals surface area contributed by atoms with Gasteiger partial charge in [0.25, 0.3) is 17.7 Å². The zero-order valence-electron chi connectivity index (χ0n) is 25.8. The van der Waals surface area contributed by atoms with Gasteiger partial charge < -0.3 is 0 Å². The second kappa shape index (κ2) is 11.2. The Bertz CT molecular complexity index is 2330. The van der Waals surface area contributed by atoms with E-state index in [1.165, 1.54) is 16.7 Å². The Morgan fingerprint density at radius 1 is 0.553 bits per heavy atom. The lowest BCUT2D eigenvalue weighted by atomic mass is 9.84. The third-order valence-corrected chi connectivity index (χ3v) is 9.52. The van der Waals surface area contributed by atoms with Crippen LogP contribution in [0.25, 0.3) is 43.1 Å². The maximum atomic E-state index is 14.0. The number of rotatable bonds is 7. The summed E-state index contributed by atoms with van der Waals surface area (Å²) in [5, 5.41) is 6.90. The summed E-state index contributed by atoms with van der Waals surface area (Å²) in [6, 6.07) is 36.8. The predicted molar refractivity (Wildman–Crippen MR) is 185 cm³/mol. The van der Waals surface area contributed by atoms with Crippen LogP contribution in [-0.2, 0) is 17.6 Å². The molecule has 6 heteroatoms. The van der Waals surface area contributed by atoms with Crippen molar-refractivity contribution in [3.63, 3.8) is 0 Å². The van der Waals surface area contributed by atoms with Gasteiger partial charge in [-0.2, -0.15) is 0 Å². The summed E-state index contributed by atoms with van der Waals surface area (Å²) in [5.41, 5.74) is 3.62. The molecule has 0 radical (unpaired) electrons. The zero-order chi connectivity index (χ0) is 32.2. The quantitative estimate of drug-likeness (QED) is 0.104. The first kappa shape index (κ1) is 28.6. The van der Waals surface area contributed by atoms with E-state index < -0.39 is 0 Å². The van der Waals surface area contributed by atoms with E-state index in [0.717, 1.165) is 48.8 Å². The molecule has 7 aromatic carbocycles. The molecular formula is C41H30N2O4. The number of carbonyl (C=O) groups excluding carboxylic acids is 4. The van der Waals surface area contributed by atoms with Crippen LogP contribution in [0.15, 0.2) is 115 Å². The third kappa shape index (κ3) is 4.56. The van der Waals surface area contributed by atoms with E-state index in [1.807, 2.05) is 109 Å². The molecular weight excluding hydrogens is 584 g/mol. The van der Waals surface area contributed by atoms with Gasteiger partial charge in [-0.25, -0.2) is 0 Å². The highest BCUT2D eigenvalue weighted by Gasteiger charge is 2.34. The minimum atomic E-state index is -0.333. The summed E-state index contributed by atoms with van der Waals surface area (Å²) < 4.78 is 0. The van der Waals surface area contributed by atoms with Gasteiger partial charge in [0, 0.05) is 42.1 Å². The van der Waals surface area contributed by atoms with Gasteiger partial charge in [-0.3, -0.25) is 29.0 Å². The lowest BCUT2D eigenvalue weighted by Crippen LogP contribution is -2.41. The van der Waals surface area contributed by atoms with Gasteiger partial charge in [-0.15, -0.1) is 0 Å². The smallest absolute Gasteiger partial charge is 0.261 e. The first-order valence-corrected chi connectivity index (χ1v) is 15.8. The average molecular weight is 615 g/mol. The molecule has 0 fully saturated rings. The van der Waals surface area contributed by atoms with Gasteiger partial charge in [0.1, 0.15) is 0 Å². The number of benzene rings is 7. The van der Waals surface area contributed by atoms with Crippen LogP contribution in [0.2, 0.25) is 0 Å². The summed E-state index contributed by atoms with van der Waals surface area (Å²) in [7, 11) is 0. The van der Waals surface area contributed by atoms with Crippen LogP contribution in [-0.4, -0.2) is 46.5 Å². The zero-order valence-corrected chi connectivity index (χ0v) is 25.8. The topological polar surface area (TPSA) is 74.8 Å². The molecule has 47 heavy (non-hydrogen) atoms. The fourth-order valence-electron chi connectivity index (χ4n) is 7.25. The van der Waals surface area contributed by atoms with Crippen LogP contribution < -0.4 is 0 Å². The Kier molecular flexibility index (Phi) is 6.80. The molecule has 7 aromatic rings.